The summed E-state index contributed by atoms with van der Waals surface area (Å²) < 4.78 is 4.69. The van der Waals surface area contributed by atoms with E-state index in [2.05, 4.69) is 5.32 Å². The van der Waals surface area contributed by atoms with Crippen LogP contribution in [0, 0.1) is 0 Å². The van der Waals surface area contributed by atoms with Crippen LogP contribution in [0.1, 0.15) is 26.8 Å². The molecule has 2 saturated heterocycles. The van der Waals surface area contributed by atoms with E-state index >= 15 is 0 Å². The number of amides is 2. The number of hydrogen-bond donors (Lipinski definition) is 2. The molecule has 0 saturated carbocycles. The zero-order valence-corrected chi connectivity index (χ0v) is 21.2. The number of ether oxygens (including phenoxy) is 1. The predicted octanol–water partition coefficient (Wildman–Crippen LogP) is -0.876. The van der Waals surface area contributed by atoms with E-state index in [1.807, 2.05) is 0 Å². The van der Waals surface area contributed by atoms with Gasteiger partial charge in [0.05, 0.1) is 0 Å². The zero-order valence-electron chi connectivity index (χ0n) is 19.4. The summed E-state index contributed by atoms with van der Waals surface area (Å²) in [6.45, 7) is 3.51. The van der Waals surface area contributed by atoms with E-state index in [4.69, 9.17) is 4.74 Å². The molecule has 0 radical (unpaired) electrons. The number of benzene rings is 2. The molecule has 0 aliphatic carbocycles. The van der Waals surface area contributed by atoms with Gasteiger partial charge in [-0.15, -0.1) is 11.8 Å². The van der Waals surface area contributed by atoms with Gasteiger partial charge in [-0.3, -0.25) is 14.4 Å². The molecule has 2 aromatic carbocycles. The number of hydrogen-bond acceptors (Lipinski definition) is 6. The fourth-order valence-corrected chi connectivity index (χ4v) is 5.71. The molecule has 2 amide bonds. The van der Waals surface area contributed by atoms with Gasteiger partial charge in [-0.2, -0.15) is 0 Å². The molecule has 2 aromatic rings. The van der Waals surface area contributed by atoms with Crippen molar-refractivity contribution in [1.29, 1.82) is 0 Å². The largest absolute Gasteiger partial charge is 1.00 e. The van der Waals surface area contributed by atoms with Crippen LogP contribution < -0.4 is 39.6 Å². The van der Waals surface area contributed by atoms with Gasteiger partial charge >= 0.3 is 41.5 Å². The van der Waals surface area contributed by atoms with Crippen LogP contribution in [0.3, 0.4) is 0 Å². The van der Waals surface area contributed by atoms with Gasteiger partial charge in [0, 0.05) is 4.75 Å². The van der Waals surface area contributed by atoms with Crippen molar-refractivity contribution in [3.63, 3.8) is 0 Å². The van der Waals surface area contributed by atoms with E-state index in [9.17, 15) is 24.3 Å². The zero-order chi connectivity index (χ0) is 23.0. The van der Waals surface area contributed by atoms with Crippen LogP contribution in [-0.4, -0.2) is 56.0 Å². The van der Waals surface area contributed by atoms with E-state index in [-0.39, 0.29) is 31.0 Å². The summed E-state index contributed by atoms with van der Waals surface area (Å²) in [5.74, 6) is -3.99. The summed E-state index contributed by atoms with van der Waals surface area (Å²) in [6.07, 6.45) is 0. The molecule has 2 N–H and O–H groups in total. The number of carboxylic acids is 1. The first kappa shape index (κ1) is 25.3. The number of fused-ring (bicyclic) bond motifs is 1. The molecule has 33 heavy (non-hydrogen) atoms. The summed E-state index contributed by atoms with van der Waals surface area (Å²) in [6, 6.07) is 15.0. The molecule has 0 bridgehead atoms. The Kier molecular flexibility index (Phi) is 7.58. The number of aliphatic carboxylic acids is 1. The second kappa shape index (κ2) is 9.89. The fraction of sp³-hybridized carbons (Fsp3) is 0.304. The number of carbonyl (C=O) groups is 4. The van der Waals surface area contributed by atoms with Gasteiger partial charge in [-0.05, 0) is 31.5 Å². The van der Waals surface area contributed by atoms with Crippen molar-refractivity contribution in [3.05, 3.63) is 66.2 Å². The first-order valence-corrected chi connectivity index (χ1v) is 10.9. The molecule has 2 heterocycles. The number of β-lactam (4-membered cyclic amide) rings is 1. The minimum absolute atomic E-state index is 0. The second-order valence-electron chi connectivity index (χ2n) is 8.16. The summed E-state index contributed by atoms with van der Waals surface area (Å²) >= 11 is 1.32. The van der Waals surface area contributed by atoms with Crippen molar-refractivity contribution >= 4 is 35.5 Å². The van der Waals surface area contributed by atoms with Crippen LogP contribution in [0.25, 0.3) is 0 Å². The average Bonchev–Trinajstić information content (AvgIpc) is 3.01. The molecule has 2 fully saturated rings. The van der Waals surface area contributed by atoms with E-state index in [1.54, 1.807) is 74.5 Å². The maximum atomic E-state index is 13.2. The van der Waals surface area contributed by atoms with Gasteiger partial charge in [-0.25, -0.2) is 4.79 Å². The Morgan fingerprint density at radius 3 is 2.24 bits per heavy atom. The molecule has 8 nitrogen and oxygen atoms in total. The van der Waals surface area contributed by atoms with Crippen molar-refractivity contribution in [3.8, 4) is 5.75 Å². The molecule has 1 unspecified atom stereocenters. The van der Waals surface area contributed by atoms with Gasteiger partial charge in [-0.1, -0.05) is 48.5 Å². The molecule has 10 heteroatoms. The van der Waals surface area contributed by atoms with Crippen molar-refractivity contribution in [2.75, 3.05) is 0 Å². The molecule has 0 aromatic heterocycles. The quantitative estimate of drug-likeness (QED) is 0.182. The Bertz CT molecular complexity index is 1070. The van der Waals surface area contributed by atoms with Gasteiger partial charge in [0.1, 0.15) is 23.2 Å². The van der Waals surface area contributed by atoms with Gasteiger partial charge in [0.15, 0.2) is 5.92 Å². The van der Waals surface area contributed by atoms with Gasteiger partial charge < -0.3 is 21.5 Å². The maximum Gasteiger partial charge on any atom is 1.00 e. The number of esters is 1. The molecule has 168 valence electrons. The number of thioether (sulfide) groups is 1. The first-order chi connectivity index (χ1) is 15.2. The molecule has 0 spiro atoms. The number of rotatable bonds is 6. The van der Waals surface area contributed by atoms with E-state index in [0.29, 0.717) is 11.3 Å². The van der Waals surface area contributed by atoms with Crippen molar-refractivity contribution < 1.29 is 60.0 Å². The van der Waals surface area contributed by atoms with Gasteiger partial charge in [0.2, 0.25) is 11.8 Å². The van der Waals surface area contributed by atoms with E-state index in [0.717, 1.165) is 0 Å². The Labute approximate surface area is 218 Å². The van der Waals surface area contributed by atoms with Crippen molar-refractivity contribution in [1.82, 2.24) is 10.2 Å². The third-order valence-electron chi connectivity index (χ3n) is 5.57. The van der Waals surface area contributed by atoms with Crippen LogP contribution in [0.15, 0.2) is 60.7 Å². The maximum absolute atomic E-state index is 13.2. The van der Waals surface area contributed by atoms with Crippen molar-refractivity contribution in [2.24, 2.45) is 0 Å². The molecule has 2 aliphatic heterocycles. The number of carbonyl (C=O) groups excluding carboxylic acids is 3. The van der Waals surface area contributed by atoms with Crippen LogP contribution in [0.5, 0.6) is 5.75 Å². The molecule has 2 aliphatic rings. The summed E-state index contributed by atoms with van der Waals surface area (Å²) in [4.78, 5) is 51.8. The fourth-order valence-electron chi connectivity index (χ4n) is 4.09. The molecular formula is C23H23N2NaO6S. The first-order valence-electron chi connectivity index (χ1n) is 10.1. The molecular weight excluding hydrogens is 455 g/mol. The average molecular weight is 479 g/mol. The summed E-state index contributed by atoms with van der Waals surface area (Å²) in [7, 11) is 0. The number of carboxylic acid groups (broad SMARTS) is 1. The normalized spacial score (nSPS) is 23.4. The Morgan fingerprint density at radius 2 is 1.67 bits per heavy atom. The standard InChI is InChI=1S/C23H22N2O6S.Na.H/c1-23(2)17(21(28)29)25-19(27)16(20(25)32-23)24-18(26)15(13-9-5-3-6-10-13)22(30)31-14-11-7-4-8-12-14;;/h3-12,15-17,20H,1-2H3,(H,24,26)(H,28,29);;/q;+1;-1/t15?,16-,17+,20-;;/m1../s1. The minimum atomic E-state index is -1.28. The van der Waals surface area contributed by atoms with Crippen LogP contribution in [-0.2, 0) is 19.2 Å². The topological polar surface area (TPSA) is 113 Å². The van der Waals surface area contributed by atoms with E-state index in [1.165, 1.54) is 16.7 Å². The van der Waals surface area contributed by atoms with Crippen molar-refractivity contribution in [2.45, 2.75) is 42.0 Å². The Balaban J connectivity index is 0.00000204. The van der Waals surface area contributed by atoms with Gasteiger partial charge in [0.25, 0.3) is 0 Å². The van der Waals surface area contributed by atoms with E-state index < -0.39 is 51.9 Å². The van der Waals surface area contributed by atoms with Crippen LogP contribution >= 0.6 is 11.8 Å². The minimum Gasteiger partial charge on any atom is -1.00 e. The monoisotopic (exact) mass is 478 g/mol. The van der Waals surface area contributed by atoms with Crippen LogP contribution in [0.4, 0.5) is 0 Å². The second-order valence-corrected chi connectivity index (χ2v) is 9.93. The number of nitrogens with zero attached hydrogens (tertiary/aromatic N) is 1. The number of nitrogens with one attached hydrogen (secondary N) is 1. The molecule has 4 rings (SSSR count). The summed E-state index contributed by atoms with van der Waals surface area (Å²) in [5.41, 5.74) is 0.428. The predicted molar refractivity (Wildman–Crippen MR) is 118 cm³/mol. The molecule has 4 atom stereocenters. The smallest absolute Gasteiger partial charge is 1.00 e. The SMILES string of the molecule is CC1(C)S[C@@H]2[C@H](NC(=O)C(C(=O)Oc3ccccc3)c3ccccc3)C(=O)N2[C@H]1C(=O)O.[H-].[Na+]. The summed E-state index contributed by atoms with van der Waals surface area (Å²) in [5, 5.41) is 11.7. The third kappa shape index (κ3) is 4.82. The number of para-hydroxylation sites is 1. The third-order valence-corrected chi connectivity index (χ3v) is 7.14. The Morgan fingerprint density at radius 1 is 1.09 bits per heavy atom. The van der Waals surface area contributed by atoms with Crippen LogP contribution in [0.2, 0.25) is 0 Å². The Hall–Kier alpha value is -2.33.